The molecule has 0 radical (unpaired) electrons. The Kier molecular flexibility index (Phi) is 10.8. The van der Waals surface area contributed by atoms with Crippen molar-refractivity contribution in [2.45, 2.75) is 45.9 Å². The molecule has 0 aromatic rings. The predicted molar refractivity (Wildman–Crippen MR) is 72.0 cm³/mol. The monoisotopic (exact) mass is 277 g/mol. The minimum atomic E-state index is -0.657. The molecule has 2 unspecified atom stereocenters. The molecule has 6 heteroatoms. The molecule has 0 fully saturated rings. The number of rotatable bonds is 11. The van der Waals surface area contributed by atoms with E-state index in [0.717, 1.165) is 0 Å². The molecule has 6 nitrogen and oxygen atoms in total. The minimum absolute atomic E-state index is 0.181. The zero-order valence-electron chi connectivity index (χ0n) is 12.3. The van der Waals surface area contributed by atoms with Crippen LogP contribution in [0.1, 0.15) is 27.7 Å². The fourth-order valence-electron chi connectivity index (χ4n) is 1.28. The fourth-order valence-corrected chi connectivity index (χ4v) is 1.28. The summed E-state index contributed by atoms with van der Waals surface area (Å²) in [6.45, 7) is 9.17. The Balaban J connectivity index is 3.53. The number of nitrogens with one attached hydrogen (secondary N) is 1. The quantitative estimate of drug-likeness (QED) is 0.419. The predicted octanol–water partition coefficient (Wildman–Crippen LogP) is 0.330. The summed E-state index contributed by atoms with van der Waals surface area (Å²) in [7, 11) is 0. The Morgan fingerprint density at radius 1 is 1.26 bits per heavy atom. The summed E-state index contributed by atoms with van der Waals surface area (Å²) >= 11 is 0. The number of carbonyl (C=O) groups excluding carboxylic acids is 1. The van der Waals surface area contributed by atoms with Crippen LogP contribution in [0, 0.1) is 0 Å². The van der Waals surface area contributed by atoms with Crippen molar-refractivity contribution in [3.05, 3.63) is 0 Å². The lowest BCUT2D eigenvalue weighted by Gasteiger charge is -2.16. The molecule has 0 aromatic heterocycles. The smallest absolute Gasteiger partial charge is 0.322 e. The zero-order valence-corrected chi connectivity index (χ0v) is 12.3. The summed E-state index contributed by atoms with van der Waals surface area (Å²) in [6, 6.07) is -0.432. The molecule has 0 saturated carbocycles. The average Bonchev–Trinajstić information content (AvgIpc) is 2.35. The number of ether oxygens (including phenoxy) is 3. The number of esters is 1. The van der Waals surface area contributed by atoms with Crippen molar-refractivity contribution in [3.63, 3.8) is 0 Å². The molecule has 0 spiro atoms. The number of aliphatic hydroxyl groups is 1. The number of hydrogen-bond acceptors (Lipinski definition) is 6. The molecular weight excluding hydrogens is 250 g/mol. The summed E-state index contributed by atoms with van der Waals surface area (Å²) < 4.78 is 15.4. The van der Waals surface area contributed by atoms with Crippen LogP contribution in [0.2, 0.25) is 0 Å². The van der Waals surface area contributed by atoms with Gasteiger partial charge in [-0.25, -0.2) is 0 Å². The van der Waals surface area contributed by atoms with E-state index in [2.05, 4.69) is 5.32 Å². The summed E-state index contributed by atoms with van der Waals surface area (Å²) in [5.74, 6) is -0.319. The van der Waals surface area contributed by atoms with Gasteiger partial charge in [-0.05, 0) is 27.7 Å². The lowest BCUT2D eigenvalue weighted by Crippen LogP contribution is -2.41. The zero-order chi connectivity index (χ0) is 14.7. The van der Waals surface area contributed by atoms with Crippen molar-refractivity contribution in [2.24, 2.45) is 0 Å². The standard InChI is InChI=1S/C13H27NO5/c1-5-18-13(16)11(4)14-8-12(15)9-17-6-7-19-10(2)3/h10-12,14-15H,5-9H2,1-4H3. The van der Waals surface area contributed by atoms with Crippen molar-refractivity contribution in [1.29, 1.82) is 0 Å². The van der Waals surface area contributed by atoms with Crippen LogP contribution in [0.15, 0.2) is 0 Å². The van der Waals surface area contributed by atoms with E-state index in [-0.39, 0.29) is 25.2 Å². The lowest BCUT2D eigenvalue weighted by atomic mass is 10.3. The largest absolute Gasteiger partial charge is 0.465 e. The highest BCUT2D eigenvalue weighted by atomic mass is 16.5. The van der Waals surface area contributed by atoms with Gasteiger partial charge in [-0.15, -0.1) is 0 Å². The van der Waals surface area contributed by atoms with E-state index in [4.69, 9.17) is 14.2 Å². The number of aliphatic hydroxyl groups excluding tert-OH is 1. The van der Waals surface area contributed by atoms with E-state index in [1.54, 1.807) is 13.8 Å². The van der Waals surface area contributed by atoms with E-state index in [1.165, 1.54) is 0 Å². The van der Waals surface area contributed by atoms with Gasteiger partial charge >= 0.3 is 5.97 Å². The minimum Gasteiger partial charge on any atom is -0.465 e. The summed E-state index contributed by atoms with van der Waals surface area (Å²) in [4.78, 5) is 11.3. The van der Waals surface area contributed by atoms with Crippen LogP contribution in [-0.2, 0) is 19.0 Å². The van der Waals surface area contributed by atoms with Crippen LogP contribution in [0.3, 0.4) is 0 Å². The first-order chi connectivity index (χ1) is 8.97. The third kappa shape index (κ3) is 10.9. The first-order valence-electron chi connectivity index (χ1n) is 6.74. The summed E-state index contributed by atoms with van der Waals surface area (Å²) in [5.41, 5.74) is 0. The molecule has 0 aromatic carbocycles. The van der Waals surface area contributed by atoms with Crippen molar-refractivity contribution in [1.82, 2.24) is 5.32 Å². The van der Waals surface area contributed by atoms with Gasteiger partial charge in [0.2, 0.25) is 0 Å². The molecular formula is C13H27NO5. The molecule has 2 N–H and O–H groups in total. The highest BCUT2D eigenvalue weighted by molar-refractivity contribution is 5.75. The van der Waals surface area contributed by atoms with E-state index in [9.17, 15) is 9.90 Å². The molecule has 0 aliphatic rings. The number of carbonyl (C=O) groups is 1. The number of hydrogen-bond donors (Lipinski definition) is 2. The maximum absolute atomic E-state index is 11.3. The van der Waals surface area contributed by atoms with Gasteiger partial charge in [-0.2, -0.15) is 0 Å². The SMILES string of the molecule is CCOC(=O)C(C)NCC(O)COCCOC(C)C. The van der Waals surface area contributed by atoms with Gasteiger partial charge in [0, 0.05) is 6.54 Å². The van der Waals surface area contributed by atoms with Crippen LogP contribution in [0.4, 0.5) is 0 Å². The van der Waals surface area contributed by atoms with Crippen molar-refractivity contribution < 1.29 is 24.1 Å². The van der Waals surface area contributed by atoms with Gasteiger partial charge < -0.3 is 24.6 Å². The first-order valence-corrected chi connectivity index (χ1v) is 6.74. The molecule has 19 heavy (non-hydrogen) atoms. The van der Waals surface area contributed by atoms with Crippen LogP contribution < -0.4 is 5.32 Å². The molecule has 114 valence electrons. The van der Waals surface area contributed by atoms with Crippen molar-refractivity contribution in [2.75, 3.05) is 33.0 Å². The Labute approximate surface area is 115 Å². The first kappa shape index (κ1) is 18.3. The van der Waals surface area contributed by atoms with Crippen LogP contribution >= 0.6 is 0 Å². The normalized spacial score (nSPS) is 14.4. The second-order valence-electron chi connectivity index (χ2n) is 4.53. The molecule has 0 heterocycles. The summed E-state index contributed by atoms with van der Waals surface area (Å²) in [5, 5.41) is 12.5. The fraction of sp³-hybridized carbons (Fsp3) is 0.923. The molecule has 0 aliphatic carbocycles. The lowest BCUT2D eigenvalue weighted by molar-refractivity contribution is -0.145. The van der Waals surface area contributed by atoms with Crippen LogP contribution in [0.5, 0.6) is 0 Å². The molecule has 2 atom stereocenters. The topological polar surface area (TPSA) is 77.0 Å². The van der Waals surface area contributed by atoms with Gasteiger partial charge in [0.15, 0.2) is 0 Å². The Bertz CT molecular complexity index is 235. The molecule has 0 saturated heterocycles. The molecule has 0 rings (SSSR count). The highest BCUT2D eigenvalue weighted by Gasteiger charge is 2.14. The van der Waals surface area contributed by atoms with Crippen LogP contribution in [0.25, 0.3) is 0 Å². The van der Waals surface area contributed by atoms with E-state index < -0.39 is 12.1 Å². The Hall–Kier alpha value is -0.690. The van der Waals surface area contributed by atoms with E-state index >= 15 is 0 Å². The van der Waals surface area contributed by atoms with E-state index in [1.807, 2.05) is 13.8 Å². The second kappa shape index (κ2) is 11.2. The van der Waals surface area contributed by atoms with Gasteiger partial charge in [0.05, 0.1) is 38.6 Å². The Morgan fingerprint density at radius 3 is 2.53 bits per heavy atom. The van der Waals surface area contributed by atoms with Gasteiger partial charge in [0.1, 0.15) is 6.04 Å². The van der Waals surface area contributed by atoms with E-state index in [0.29, 0.717) is 19.8 Å². The molecule has 0 amide bonds. The summed E-state index contributed by atoms with van der Waals surface area (Å²) in [6.07, 6.45) is -0.475. The third-order valence-corrected chi connectivity index (χ3v) is 2.29. The Morgan fingerprint density at radius 2 is 1.95 bits per heavy atom. The third-order valence-electron chi connectivity index (χ3n) is 2.29. The van der Waals surface area contributed by atoms with Crippen molar-refractivity contribution in [3.8, 4) is 0 Å². The van der Waals surface area contributed by atoms with Gasteiger partial charge in [0.25, 0.3) is 0 Å². The van der Waals surface area contributed by atoms with Crippen LogP contribution in [-0.4, -0.2) is 62.3 Å². The van der Waals surface area contributed by atoms with Gasteiger partial charge in [-0.3, -0.25) is 4.79 Å². The van der Waals surface area contributed by atoms with Crippen molar-refractivity contribution >= 4 is 5.97 Å². The highest BCUT2D eigenvalue weighted by Crippen LogP contribution is 1.91. The maximum atomic E-state index is 11.3. The van der Waals surface area contributed by atoms with Gasteiger partial charge in [-0.1, -0.05) is 0 Å². The maximum Gasteiger partial charge on any atom is 0.322 e. The molecule has 0 aliphatic heterocycles. The average molecular weight is 277 g/mol. The second-order valence-corrected chi connectivity index (χ2v) is 4.53. The molecule has 0 bridgehead atoms.